The molecule has 1 fully saturated rings. The van der Waals surface area contributed by atoms with Gasteiger partial charge in [-0.3, -0.25) is 4.79 Å². The summed E-state index contributed by atoms with van der Waals surface area (Å²) in [5, 5.41) is 3.31. The van der Waals surface area contributed by atoms with Gasteiger partial charge in [0.05, 0.1) is 21.4 Å². The summed E-state index contributed by atoms with van der Waals surface area (Å²) in [5.74, 6) is -0.776. The Morgan fingerprint density at radius 3 is 2.39 bits per heavy atom. The lowest BCUT2D eigenvalue weighted by molar-refractivity contribution is -0.137. The van der Waals surface area contributed by atoms with Crippen LogP contribution in [0.5, 0.6) is 0 Å². The summed E-state index contributed by atoms with van der Waals surface area (Å²) in [6, 6.07) is 9.01. The van der Waals surface area contributed by atoms with Crippen LogP contribution in [-0.2, 0) is 27.2 Å². The van der Waals surface area contributed by atoms with E-state index in [9.17, 15) is 30.8 Å². The molecular weight excluding hydrogens is 520 g/mol. The highest BCUT2D eigenvalue weighted by Gasteiger charge is 2.50. The number of halogens is 5. The summed E-state index contributed by atoms with van der Waals surface area (Å²) in [6.07, 6.45) is -1.39. The molecule has 11 heteroatoms. The third-order valence-corrected chi connectivity index (χ3v) is 9.60. The van der Waals surface area contributed by atoms with Gasteiger partial charge in [0, 0.05) is 23.6 Å². The lowest BCUT2D eigenvalue weighted by Gasteiger charge is -2.30. The molecule has 3 aromatic rings. The van der Waals surface area contributed by atoms with E-state index in [0.29, 0.717) is 30.5 Å². The van der Waals surface area contributed by atoms with Crippen LogP contribution in [0.4, 0.5) is 17.6 Å². The molecule has 1 aliphatic carbocycles. The van der Waals surface area contributed by atoms with Crippen LogP contribution >= 0.6 is 11.6 Å². The van der Waals surface area contributed by atoms with E-state index in [1.165, 1.54) is 28.9 Å². The van der Waals surface area contributed by atoms with Crippen LogP contribution in [0.3, 0.4) is 0 Å². The van der Waals surface area contributed by atoms with Gasteiger partial charge in [-0.2, -0.15) is 18.3 Å². The normalized spacial score (nSPS) is 20.6. The van der Waals surface area contributed by atoms with Crippen LogP contribution < -0.4 is 0 Å². The molecule has 0 aliphatic heterocycles. The molecule has 0 bridgehead atoms. The van der Waals surface area contributed by atoms with Crippen LogP contribution in [0, 0.1) is 11.2 Å². The van der Waals surface area contributed by atoms with Crippen molar-refractivity contribution < 1.29 is 30.8 Å². The van der Waals surface area contributed by atoms with Gasteiger partial charge in [0.1, 0.15) is 11.6 Å². The van der Waals surface area contributed by atoms with Gasteiger partial charge >= 0.3 is 6.18 Å². The molecule has 1 saturated carbocycles. The predicted molar refractivity (Wildman–Crippen MR) is 126 cm³/mol. The zero-order valence-corrected chi connectivity index (χ0v) is 20.8. The monoisotopic (exact) mass is 542 g/mol. The number of nitrogens with zero attached hydrogens (tertiary/aromatic N) is 2. The van der Waals surface area contributed by atoms with Crippen molar-refractivity contribution >= 4 is 27.2 Å². The SMILES string of the molecule is CC1(C(=O)CCc2cn(-c3ccc(C(F)(F)F)cc3)nc2Cl)CCCC1S(=O)(=O)c1ccc(F)cc1. The van der Waals surface area contributed by atoms with Crippen LogP contribution in [-0.4, -0.2) is 29.2 Å². The van der Waals surface area contributed by atoms with E-state index in [1.54, 1.807) is 13.1 Å². The van der Waals surface area contributed by atoms with Crippen molar-refractivity contribution in [3.8, 4) is 5.69 Å². The molecule has 36 heavy (non-hydrogen) atoms. The third-order valence-electron chi connectivity index (χ3n) is 6.85. The lowest BCUT2D eigenvalue weighted by atomic mass is 9.81. The van der Waals surface area contributed by atoms with E-state index >= 15 is 0 Å². The molecular formula is C25H23ClF4N2O3S. The highest BCUT2D eigenvalue weighted by molar-refractivity contribution is 7.92. The maximum atomic E-state index is 13.3. The Morgan fingerprint density at radius 1 is 1.14 bits per heavy atom. The molecule has 1 heterocycles. The molecule has 0 radical (unpaired) electrons. The predicted octanol–water partition coefficient (Wildman–Crippen LogP) is 6.22. The fourth-order valence-corrected chi connectivity index (χ4v) is 7.24. The largest absolute Gasteiger partial charge is 0.416 e. The van der Waals surface area contributed by atoms with E-state index in [2.05, 4.69) is 5.10 Å². The number of hydrogen-bond acceptors (Lipinski definition) is 4. The molecule has 2 aromatic carbocycles. The number of alkyl halides is 3. The maximum Gasteiger partial charge on any atom is 0.416 e. The van der Waals surface area contributed by atoms with Crippen molar-refractivity contribution in [2.45, 2.75) is 55.3 Å². The first-order chi connectivity index (χ1) is 16.8. The fraction of sp³-hybridized carbons (Fsp3) is 0.360. The van der Waals surface area contributed by atoms with Gasteiger partial charge in [-0.15, -0.1) is 0 Å². The van der Waals surface area contributed by atoms with Crippen molar-refractivity contribution in [2.24, 2.45) is 5.41 Å². The number of rotatable bonds is 7. The number of hydrogen-bond donors (Lipinski definition) is 0. The Bertz CT molecular complexity index is 1370. The van der Waals surface area contributed by atoms with Crippen molar-refractivity contribution in [2.75, 3.05) is 0 Å². The molecule has 0 spiro atoms. The van der Waals surface area contributed by atoms with Crippen LogP contribution in [0.25, 0.3) is 5.69 Å². The van der Waals surface area contributed by atoms with Gasteiger partial charge in [-0.05, 0) is 67.8 Å². The van der Waals surface area contributed by atoms with Crippen molar-refractivity contribution in [3.05, 3.63) is 76.8 Å². The Labute approximate surface area is 211 Å². The average molecular weight is 543 g/mol. The summed E-state index contributed by atoms with van der Waals surface area (Å²) in [7, 11) is -3.86. The Hall–Kier alpha value is -2.72. The summed E-state index contributed by atoms with van der Waals surface area (Å²) >= 11 is 6.22. The summed E-state index contributed by atoms with van der Waals surface area (Å²) < 4.78 is 79.6. The van der Waals surface area contributed by atoms with E-state index in [4.69, 9.17) is 11.6 Å². The number of sulfone groups is 1. The molecule has 2 atom stereocenters. The van der Waals surface area contributed by atoms with Gasteiger partial charge in [-0.1, -0.05) is 24.9 Å². The second-order valence-corrected chi connectivity index (χ2v) is 11.6. The van der Waals surface area contributed by atoms with E-state index in [-0.39, 0.29) is 28.7 Å². The Morgan fingerprint density at radius 2 is 1.78 bits per heavy atom. The molecule has 5 nitrogen and oxygen atoms in total. The summed E-state index contributed by atoms with van der Waals surface area (Å²) in [4.78, 5) is 13.3. The van der Waals surface area contributed by atoms with Gasteiger partial charge in [0.15, 0.2) is 15.0 Å². The van der Waals surface area contributed by atoms with Crippen molar-refractivity contribution in [1.82, 2.24) is 9.78 Å². The maximum absolute atomic E-state index is 13.3. The summed E-state index contributed by atoms with van der Waals surface area (Å²) in [5.41, 5.74) is -1.01. The lowest BCUT2D eigenvalue weighted by Crippen LogP contribution is -2.40. The van der Waals surface area contributed by atoms with Crippen LogP contribution in [0.1, 0.15) is 43.7 Å². The number of ketones is 1. The standard InChI is InChI=1S/C25H23ClF4N2O3S/c1-24(14-2-3-22(24)36(34,35)20-11-7-18(27)8-12-20)21(33)13-4-16-15-32(31-23(16)26)19-9-5-17(6-10-19)25(28,29)30/h5-12,15,22H,2-4,13-14H2,1H3. The zero-order valence-electron chi connectivity index (χ0n) is 19.2. The first-order valence-corrected chi connectivity index (χ1v) is 13.2. The number of carbonyl (C=O) groups excluding carboxylic acids is 1. The van der Waals surface area contributed by atoms with Crippen LogP contribution in [0.2, 0.25) is 5.15 Å². The molecule has 1 aliphatic rings. The van der Waals surface area contributed by atoms with Gasteiger partial charge in [0.2, 0.25) is 0 Å². The van der Waals surface area contributed by atoms with E-state index < -0.39 is 38.1 Å². The zero-order chi connectivity index (χ0) is 26.3. The smallest absolute Gasteiger partial charge is 0.299 e. The number of carbonyl (C=O) groups is 1. The third kappa shape index (κ3) is 5.06. The van der Waals surface area contributed by atoms with Gasteiger partial charge in [0.25, 0.3) is 0 Å². The first-order valence-electron chi connectivity index (χ1n) is 11.3. The Kier molecular flexibility index (Phi) is 7.04. The van der Waals surface area contributed by atoms with Gasteiger partial charge < -0.3 is 0 Å². The molecule has 0 saturated heterocycles. The molecule has 1 aromatic heterocycles. The van der Waals surface area contributed by atoms with E-state index in [1.807, 2.05) is 0 Å². The quantitative estimate of drug-likeness (QED) is 0.263. The van der Waals surface area contributed by atoms with Crippen LogP contribution in [0.15, 0.2) is 59.6 Å². The van der Waals surface area contributed by atoms with Crippen molar-refractivity contribution in [3.63, 3.8) is 0 Å². The first kappa shape index (κ1) is 26.3. The minimum Gasteiger partial charge on any atom is -0.299 e. The second-order valence-electron chi connectivity index (χ2n) is 9.15. The topological polar surface area (TPSA) is 69.0 Å². The highest BCUT2D eigenvalue weighted by Crippen LogP contribution is 2.45. The summed E-state index contributed by atoms with van der Waals surface area (Å²) in [6.45, 7) is 1.65. The fourth-order valence-electron chi connectivity index (χ4n) is 4.76. The van der Waals surface area contributed by atoms with Crippen molar-refractivity contribution in [1.29, 1.82) is 0 Å². The number of Topliss-reactive ketones (excluding diaryl/α,β-unsaturated/α-hetero) is 1. The molecule has 0 N–H and O–H groups in total. The van der Waals surface area contributed by atoms with E-state index in [0.717, 1.165) is 24.3 Å². The molecule has 192 valence electrons. The minimum atomic E-state index is -4.45. The van der Waals surface area contributed by atoms with Gasteiger partial charge in [-0.25, -0.2) is 17.5 Å². The molecule has 4 rings (SSSR count). The Balaban J connectivity index is 1.49. The molecule has 2 unspecified atom stereocenters. The number of benzene rings is 2. The number of aromatic nitrogens is 2. The average Bonchev–Trinajstić information content (AvgIpc) is 3.41. The minimum absolute atomic E-state index is 0.0179. The molecule has 0 amide bonds. The number of aryl methyl sites for hydroxylation is 1. The second kappa shape index (κ2) is 9.63. The highest BCUT2D eigenvalue weighted by atomic mass is 35.5.